The third kappa shape index (κ3) is 3.04. The van der Waals surface area contributed by atoms with Crippen LogP contribution in [0.15, 0.2) is 24.4 Å². The van der Waals surface area contributed by atoms with Crippen LogP contribution in [-0.4, -0.2) is 22.7 Å². The Morgan fingerprint density at radius 3 is 3.00 bits per heavy atom. The van der Waals surface area contributed by atoms with Gasteiger partial charge in [-0.2, -0.15) is 12.6 Å². The Morgan fingerprint density at radius 2 is 2.46 bits per heavy atom. The minimum atomic E-state index is -0.703. The van der Waals surface area contributed by atoms with Crippen molar-refractivity contribution >= 4 is 18.6 Å². The molecule has 0 aromatic carbocycles. The van der Waals surface area contributed by atoms with Gasteiger partial charge in [0.1, 0.15) is 6.04 Å². The van der Waals surface area contributed by atoms with Crippen LogP contribution in [0, 0.1) is 0 Å². The van der Waals surface area contributed by atoms with Crippen molar-refractivity contribution in [3.63, 3.8) is 0 Å². The van der Waals surface area contributed by atoms with Crippen LogP contribution in [0.3, 0.4) is 0 Å². The molecular formula is C8H10N2O2S. The Hall–Kier alpha value is -1.07. The summed E-state index contributed by atoms with van der Waals surface area (Å²) in [6.45, 7) is 0. The van der Waals surface area contributed by atoms with Crippen molar-refractivity contribution in [3.05, 3.63) is 24.4 Å². The summed E-state index contributed by atoms with van der Waals surface area (Å²) < 4.78 is 4.84. The van der Waals surface area contributed by atoms with Crippen molar-refractivity contribution < 1.29 is 9.53 Å². The zero-order valence-corrected chi connectivity index (χ0v) is 7.78. The second-order valence-electron chi connectivity index (χ2n) is 2.38. The van der Waals surface area contributed by atoms with Crippen LogP contribution in [0.25, 0.3) is 0 Å². The topological polar surface area (TPSA) is 65.2 Å². The van der Waals surface area contributed by atoms with Gasteiger partial charge in [0.15, 0.2) is 0 Å². The molecule has 0 saturated heterocycles. The quantitative estimate of drug-likeness (QED) is 0.539. The summed E-state index contributed by atoms with van der Waals surface area (Å²) in [6, 6.07) is 4.34. The molecule has 0 aliphatic heterocycles. The van der Waals surface area contributed by atoms with Gasteiger partial charge in [-0.25, -0.2) is 9.78 Å². The van der Waals surface area contributed by atoms with E-state index in [0.29, 0.717) is 0 Å². The molecule has 0 aliphatic rings. The molecule has 0 aliphatic carbocycles. The SMILES string of the molecule is N[C@@H](CS)C(=O)Oc1ccccn1. The smallest absolute Gasteiger partial charge is 0.330 e. The predicted molar refractivity (Wildman–Crippen MR) is 51.7 cm³/mol. The van der Waals surface area contributed by atoms with Gasteiger partial charge in [-0.15, -0.1) is 0 Å². The number of pyridine rings is 1. The maximum absolute atomic E-state index is 11.1. The molecule has 2 N–H and O–H groups in total. The number of esters is 1. The molecule has 1 atom stereocenters. The number of hydrogen-bond acceptors (Lipinski definition) is 5. The molecular weight excluding hydrogens is 188 g/mol. The zero-order valence-electron chi connectivity index (χ0n) is 6.88. The fourth-order valence-corrected chi connectivity index (χ4v) is 0.810. The standard InChI is InChI=1S/C8H10N2O2S/c9-6(5-13)8(11)12-7-3-1-2-4-10-7/h1-4,6,13H,5,9H2/t6-/m0/s1. The summed E-state index contributed by atoms with van der Waals surface area (Å²) in [6.07, 6.45) is 1.54. The van der Waals surface area contributed by atoms with Crippen molar-refractivity contribution in [1.29, 1.82) is 0 Å². The Labute approximate surface area is 81.5 Å². The Morgan fingerprint density at radius 1 is 1.69 bits per heavy atom. The molecule has 13 heavy (non-hydrogen) atoms. The van der Waals surface area contributed by atoms with Crippen LogP contribution in [0.2, 0.25) is 0 Å². The van der Waals surface area contributed by atoms with Gasteiger partial charge in [-0.05, 0) is 6.07 Å². The summed E-state index contributed by atoms with van der Waals surface area (Å²) in [4.78, 5) is 14.9. The highest BCUT2D eigenvalue weighted by molar-refractivity contribution is 7.80. The van der Waals surface area contributed by atoms with E-state index in [9.17, 15) is 4.79 Å². The van der Waals surface area contributed by atoms with Crippen LogP contribution in [-0.2, 0) is 4.79 Å². The molecule has 0 unspecified atom stereocenters. The lowest BCUT2D eigenvalue weighted by atomic mass is 10.4. The van der Waals surface area contributed by atoms with E-state index in [0.717, 1.165) is 0 Å². The summed E-state index contributed by atoms with van der Waals surface area (Å²) in [7, 11) is 0. The largest absolute Gasteiger partial charge is 0.406 e. The molecule has 0 radical (unpaired) electrons. The average molecular weight is 198 g/mol. The molecule has 1 aromatic heterocycles. The molecule has 0 fully saturated rings. The van der Waals surface area contributed by atoms with Crippen LogP contribution < -0.4 is 10.5 Å². The van der Waals surface area contributed by atoms with Crippen molar-refractivity contribution in [2.75, 3.05) is 5.75 Å². The van der Waals surface area contributed by atoms with E-state index < -0.39 is 12.0 Å². The number of nitrogens with zero attached hydrogens (tertiary/aromatic N) is 1. The van der Waals surface area contributed by atoms with E-state index in [4.69, 9.17) is 10.5 Å². The Balaban J connectivity index is 2.55. The van der Waals surface area contributed by atoms with E-state index in [2.05, 4.69) is 17.6 Å². The summed E-state index contributed by atoms with van der Waals surface area (Å²) in [5.41, 5.74) is 5.39. The van der Waals surface area contributed by atoms with E-state index in [1.807, 2.05) is 0 Å². The molecule has 4 nitrogen and oxygen atoms in total. The number of thiol groups is 1. The molecule has 0 bridgehead atoms. The first-order chi connectivity index (χ1) is 6.24. The lowest BCUT2D eigenvalue weighted by Crippen LogP contribution is -2.35. The second kappa shape index (κ2) is 4.84. The molecule has 1 rings (SSSR count). The van der Waals surface area contributed by atoms with Crippen LogP contribution in [0.5, 0.6) is 5.88 Å². The lowest BCUT2D eigenvalue weighted by molar-refractivity contribution is -0.135. The van der Waals surface area contributed by atoms with Gasteiger partial charge in [0.2, 0.25) is 5.88 Å². The first-order valence-electron chi connectivity index (χ1n) is 3.73. The first-order valence-corrected chi connectivity index (χ1v) is 4.36. The highest BCUT2D eigenvalue weighted by Crippen LogP contribution is 2.04. The third-order valence-electron chi connectivity index (χ3n) is 1.34. The van der Waals surface area contributed by atoms with Gasteiger partial charge >= 0.3 is 5.97 Å². The van der Waals surface area contributed by atoms with Crippen LogP contribution >= 0.6 is 12.6 Å². The maximum atomic E-state index is 11.1. The summed E-state index contributed by atoms with van der Waals surface area (Å²) >= 11 is 3.88. The highest BCUT2D eigenvalue weighted by Gasteiger charge is 2.13. The van der Waals surface area contributed by atoms with Gasteiger partial charge in [0, 0.05) is 18.0 Å². The fraction of sp³-hybridized carbons (Fsp3) is 0.250. The number of nitrogens with two attached hydrogens (primary N) is 1. The summed E-state index contributed by atoms with van der Waals surface area (Å²) in [5, 5.41) is 0. The lowest BCUT2D eigenvalue weighted by Gasteiger charge is -2.06. The van der Waals surface area contributed by atoms with E-state index in [-0.39, 0.29) is 11.6 Å². The molecule has 0 spiro atoms. The minimum absolute atomic E-state index is 0.254. The second-order valence-corrected chi connectivity index (χ2v) is 2.74. The fourth-order valence-electron chi connectivity index (χ4n) is 0.661. The van der Waals surface area contributed by atoms with Gasteiger partial charge in [0.25, 0.3) is 0 Å². The summed E-state index contributed by atoms with van der Waals surface area (Å²) in [5.74, 6) is -0.00972. The van der Waals surface area contributed by atoms with Crippen LogP contribution in [0.1, 0.15) is 0 Å². The molecule has 1 aromatic rings. The van der Waals surface area contributed by atoms with Gasteiger partial charge in [-0.3, -0.25) is 0 Å². The molecule has 1 heterocycles. The molecule has 70 valence electrons. The van der Waals surface area contributed by atoms with Gasteiger partial charge in [0.05, 0.1) is 0 Å². The average Bonchev–Trinajstić information content (AvgIpc) is 2.18. The number of carbonyl (C=O) groups excluding carboxylic acids is 1. The van der Waals surface area contributed by atoms with Crippen LogP contribution in [0.4, 0.5) is 0 Å². The number of rotatable bonds is 3. The van der Waals surface area contributed by atoms with Crippen molar-refractivity contribution in [3.8, 4) is 5.88 Å². The van der Waals surface area contributed by atoms with Crippen molar-refractivity contribution in [2.45, 2.75) is 6.04 Å². The number of aromatic nitrogens is 1. The van der Waals surface area contributed by atoms with E-state index >= 15 is 0 Å². The Bertz CT molecular complexity index is 279. The normalized spacial score (nSPS) is 12.2. The molecule has 0 saturated carbocycles. The number of carbonyl (C=O) groups is 1. The van der Waals surface area contributed by atoms with Crippen molar-refractivity contribution in [1.82, 2.24) is 4.98 Å². The van der Waals surface area contributed by atoms with Gasteiger partial charge in [-0.1, -0.05) is 6.07 Å². The minimum Gasteiger partial charge on any atom is -0.406 e. The zero-order chi connectivity index (χ0) is 9.68. The third-order valence-corrected chi connectivity index (χ3v) is 1.74. The number of ether oxygens (including phenoxy) is 1. The predicted octanol–water partition coefficient (Wildman–Crippen LogP) is 0.244. The van der Waals surface area contributed by atoms with Gasteiger partial charge < -0.3 is 10.5 Å². The first kappa shape index (κ1) is 10.0. The molecule has 5 heteroatoms. The van der Waals surface area contributed by atoms with E-state index in [1.54, 1.807) is 18.2 Å². The molecule has 0 amide bonds. The highest BCUT2D eigenvalue weighted by atomic mass is 32.1. The monoisotopic (exact) mass is 198 g/mol. The van der Waals surface area contributed by atoms with Crippen molar-refractivity contribution in [2.24, 2.45) is 5.73 Å². The Kier molecular flexibility index (Phi) is 3.72. The maximum Gasteiger partial charge on any atom is 0.330 e. The van der Waals surface area contributed by atoms with E-state index in [1.165, 1.54) is 6.20 Å². The number of hydrogen-bond donors (Lipinski definition) is 2.